The van der Waals surface area contributed by atoms with Gasteiger partial charge in [0.05, 0.1) is 22.9 Å². The average Bonchev–Trinajstić information content (AvgIpc) is 3.03. The Balaban J connectivity index is 1.88. The normalized spacial score (nSPS) is 12.0. The fourth-order valence-electron chi connectivity index (χ4n) is 3.27. The number of nitrogens with zero attached hydrogens (tertiary/aromatic N) is 2. The third-order valence-electron chi connectivity index (χ3n) is 4.59. The van der Waals surface area contributed by atoms with E-state index in [1.54, 1.807) is 7.11 Å². The molecule has 0 aliphatic rings. The van der Waals surface area contributed by atoms with E-state index in [-0.39, 0.29) is 5.91 Å². The largest absolute Gasteiger partial charge is 0.496 e. The van der Waals surface area contributed by atoms with Crippen LogP contribution in [0.25, 0.3) is 21.0 Å². The number of aryl methyl sites for hydroxylation is 1. The lowest BCUT2D eigenvalue weighted by atomic mass is 10.1. The van der Waals surface area contributed by atoms with Crippen LogP contribution in [0.5, 0.6) is 5.75 Å². The molecule has 0 bridgehead atoms. The summed E-state index contributed by atoms with van der Waals surface area (Å²) in [6.07, 6.45) is 0.961. The second-order valence-corrected chi connectivity index (χ2v) is 8.39. The molecule has 4 aromatic rings. The molecule has 0 aliphatic heterocycles. The van der Waals surface area contributed by atoms with E-state index in [1.165, 1.54) is 11.3 Å². The van der Waals surface area contributed by atoms with E-state index >= 15 is 0 Å². The molecule has 4 nitrogen and oxygen atoms in total. The molecule has 1 amide bonds. The summed E-state index contributed by atoms with van der Waals surface area (Å²) in [7, 11) is 1.58. The maximum Gasteiger partial charge on any atom is 0.283 e. The summed E-state index contributed by atoms with van der Waals surface area (Å²) in [5.41, 5.74) is 1.56. The molecule has 3 aromatic carbocycles. The van der Waals surface area contributed by atoms with Crippen LogP contribution in [0, 0.1) is 0 Å². The summed E-state index contributed by atoms with van der Waals surface area (Å²) in [6.45, 7) is 2.93. The van der Waals surface area contributed by atoms with Crippen LogP contribution in [-0.4, -0.2) is 17.6 Å². The Kier molecular flexibility index (Phi) is 5.33. The van der Waals surface area contributed by atoms with E-state index in [4.69, 9.17) is 4.74 Å². The Morgan fingerprint density at radius 3 is 2.61 bits per heavy atom. The molecule has 1 heterocycles. The fraction of sp³-hybridized carbons (Fsp3) is 0.182. The minimum atomic E-state index is -0.293. The molecule has 28 heavy (non-hydrogen) atoms. The van der Waals surface area contributed by atoms with Crippen LogP contribution < -0.4 is 9.54 Å². The number of aromatic nitrogens is 1. The molecule has 4 rings (SSSR count). The van der Waals surface area contributed by atoms with Crippen molar-refractivity contribution in [3.63, 3.8) is 0 Å². The molecule has 0 saturated carbocycles. The lowest BCUT2D eigenvalue weighted by molar-refractivity contribution is 0.0995. The van der Waals surface area contributed by atoms with Crippen LogP contribution in [0.1, 0.15) is 23.7 Å². The molecule has 0 fully saturated rings. The van der Waals surface area contributed by atoms with Gasteiger partial charge < -0.3 is 9.30 Å². The molecule has 0 saturated heterocycles. The smallest absolute Gasteiger partial charge is 0.283 e. The van der Waals surface area contributed by atoms with Crippen LogP contribution in [-0.2, 0) is 6.54 Å². The Bertz CT molecular complexity index is 1260. The predicted octanol–water partition coefficient (Wildman–Crippen LogP) is 5.78. The number of benzene rings is 3. The van der Waals surface area contributed by atoms with Crippen LogP contribution in [0.15, 0.2) is 64.1 Å². The first-order valence-electron chi connectivity index (χ1n) is 9.05. The maximum atomic E-state index is 13.1. The Hall–Kier alpha value is -2.44. The monoisotopic (exact) mass is 454 g/mol. The Labute approximate surface area is 175 Å². The number of halogens is 1. The molecule has 0 radical (unpaired) electrons. The first-order chi connectivity index (χ1) is 13.6. The summed E-state index contributed by atoms with van der Waals surface area (Å²) >= 11 is 5.04. The van der Waals surface area contributed by atoms with Gasteiger partial charge in [-0.2, -0.15) is 4.99 Å². The number of ether oxygens (including phenoxy) is 1. The van der Waals surface area contributed by atoms with E-state index < -0.39 is 0 Å². The molecular weight excluding hydrogens is 436 g/mol. The zero-order chi connectivity index (χ0) is 19.7. The molecule has 1 aromatic heterocycles. The van der Waals surface area contributed by atoms with Gasteiger partial charge in [0, 0.05) is 11.0 Å². The number of hydrogen-bond donors (Lipinski definition) is 0. The van der Waals surface area contributed by atoms with Crippen molar-refractivity contribution >= 4 is 54.2 Å². The lowest BCUT2D eigenvalue weighted by Gasteiger charge is -2.08. The lowest BCUT2D eigenvalue weighted by Crippen LogP contribution is -2.17. The highest BCUT2D eigenvalue weighted by molar-refractivity contribution is 9.10. The van der Waals surface area contributed by atoms with Gasteiger partial charge >= 0.3 is 0 Å². The first kappa shape index (κ1) is 18.9. The SMILES string of the molecule is CCCn1c(=NC(=O)c2cc3ccccc3cc2OC)sc2cc(Br)ccc21. The van der Waals surface area contributed by atoms with Crippen molar-refractivity contribution in [2.75, 3.05) is 7.11 Å². The van der Waals surface area contributed by atoms with Gasteiger partial charge in [-0.3, -0.25) is 4.79 Å². The third-order valence-corrected chi connectivity index (χ3v) is 6.12. The van der Waals surface area contributed by atoms with Gasteiger partial charge in [-0.05, 0) is 47.5 Å². The van der Waals surface area contributed by atoms with Crippen LogP contribution in [0.4, 0.5) is 0 Å². The number of carbonyl (C=O) groups is 1. The van der Waals surface area contributed by atoms with Crippen molar-refractivity contribution < 1.29 is 9.53 Å². The second kappa shape index (κ2) is 7.89. The van der Waals surface area contributed by atoms with Gasteiger partial charge in [0.1, 0.15) is 5.75 Å². The zero-order valence-electron chi connectivity index (χ0n) is 15.6. The number of rotatable bonds is 4. The van der Waals surface area contributed by atoms with Crippen molar-refractivity contribution in [2.24, 2.45) is 4.99 Å². The van der Waals surface area contributed by atoms with Crippen LogP contribution in [0.3, 0.4) is 0 Å². The Morgan fingerprint density at radius 2 is 1.89 bits per heavy atom. The van der Waals surface area contributed by atoms with Crippen molar-refractivity contribution in [3.05, 3.63) is 69.4 Å². The van der Waals surface area contributed by atoms with Crippen LogP contribution in [0.2, 0.25) is 0 Å². The number of fused-ring (bicyclic) bond motifs is 2. The highest BCUT2D eigenvalue weighted by atomic mass is 79.9. The predicted molar refractivity (Wildman–Crippen MR) is 118 cm³/mol. The van der Waals surface area contributed by atoms with E-state index in [2.05, 4.69) is 44.5 Å². The fourth-order valence-corrected chi connectivity index (χ4v) is 4.88. The van der Waals surface area contributed by atoms with Gasteiger partial charge in [0.2, 0.25) is 0 Å². The van der Waals surface area contributed by atoms with Gasteiger partial charge in [-0.15, -0.1) is 0 Å². The molecular formula is C22H19BrN2O2S. The molecule has 6 heteroatoms. The number of hydrogen-bond acceptors (Lipinski definition) is 3. The van der Waals surface area contributed by atoms with Gasteiger partial charge in [0.15, 0.2) is 4.80 Å². The standard InChI is InChI=1S/C22H19BrN2O2S/c1-3-10-25-18-9-8-16(23)13-20(18)28-22(25)24-21(26)17-11-14-6-4-5-7-15(14)12-19(17)27-2/h4-9,11-13H,3,10H2,1-2H3. The second-order valence-electron chi connectivity index (χ2n) is 6.46. The van der Waals surface area contributed by atoms with Crippen molar-refractivity contribution in [1.82, 2.24) is 4.57 Å². The van der Waals surface area contributed by atoms with Crippen molar-refractivity contribution in [1.29, 1.82) is 0 Å². The van der Waals surface area contributed by atoms with E-state index in [9.17, 15) is 4.79 Å². The quantitative estimate of drug-likeness (QED) is 0.392. The van der Waals surface area contributed by atoms with Gasteiger partial charge in [-0.25, -0.2) is 0 Å². The summed E-state index contributed by atoms with van der Waals surface area (Å²) in [4.78, 5) is 18.3. The molecule has 0 unspecified atom stereocenters. The molecule has 142 valence electrons. The molecule has 0 atom stereocenters. The summed E-state index contributed by atoms with van der Waals surface area (Å²) < 4.78 is 9.69. The topological polar surface area (TPSA) is 43.6 Å². The van der Waals surface area contributed by atoms with Crippen molar-refractivity contribution in [2.45, 2.75) is 19.9 Å². The average molecular weight is 455 g/mol. The maximum absolute atomic E-state index is 13.1. The zero-order valence-corrected chi connectivity index (χ0v) is 18.0. The van der Waals surface area contributed by atoms with E-state index in [0.29, 0.717) is 16.1 Å². The highest BCUT2D eigenvalue weighted by Gasteiger charge is 2.14. The van der Waals surface area contributed by atoms with Crippen LogP contribution >= 0.6 is 27.3 Å². The van der Waals surface area contributed by atoms with E-state index in [1.807, 2.05) is 42.5 Å². The van der Waals surface area contributed by atoms with Gasteiger partial charge in [-0.1, -0.05) is 58.5 Å². The minimum absolute atomic E-state index is 0.293. The van der Waals surface area contributed by atoms with Gasteiger partial charge in [0.25, 0.3) is 5.91 Å². The van der Waals surface area contributed by atoms with Crippen molar-refractivity contribution in [3.8, 4) is 5.75 Å². The number of carbonyl (C=O) groups excluding carboxylic acids is 1. The number of amides is 1. The summed E-state index contributed by atoms with van der Waals surface area (Å²) in [5, 5.41) is 2.02. The van der Waals surface area contributed by atoms with E-state index in [0.717, 1.165) is 38.4 Å². The Morgan fingerprint density at radius 1 is 1.14 bits per heavy atom. The summed E-state index contributed by atoms with van der Waals surface area (Å²) in [5.74, 6) is 0.247. The molecule has 0 spiro atoms. The highest BCUT2D eigenvalue weighted by Crippen LogP contribution is 2.27. The number of methoxy groups -OCH3 is 1. The third kappa shape index (κ3) is 3.50. The first-order valence-corrected chi connectivity index (χ1v) is 10.7. The molecule has 0 aliphatic carbocycles. The number of thiazole rings is 1. The summed E-state index contributed by atoms with van der Waals surface area (Å²) in [6, 6.07) is 17.8. The minimum Gasteiger partial charge on any atom is -0.496 e. The molecule has 0 N–H and O–H groups in total.